The van der Waals surface area contributed by atoms with E-state index in [4.69, 9.17) is 0 Å². The van der Waals surface area contributed by atoms with Gasteiger partial charge in [0.05, 0.1) is 0 Å². The Hall–Kier alpha value is -3.08. The quantitative estimate of drug-likeness (QED) is 0.616. The van der Waals surface area contributed by atoms with Gasteiger partial charge in [0.1, 0.15) is 6.04 Å². The number of aryl methyl sites for hydroxylation is 1. The van der Waals surface area contributed by atoms with Crippen LogP contribution in [-0.4, -0.2) is 28.0 Å². The van der Waals surface area contributed by atoms with Gasteiger partial charge in [0.2, 0.25) is 5.91 Å². The number of hydrogen-bond donors (Lipinski definition) is 3. The van der Waals surface area contributed by atoms with Gasteiger partial charge in [-0.25, -0.2) is 4.79 Å². The second-order valence-corrected chi connectivity index (χ2v) is 7.60. The number of amides is 1. The number of aliphatic carboxylic acids is 1. The van der Waals surface area contributed by atoms with Gasteiger partial charge in [-0.2, -0.15) is 0 Å². The standard InChI is InChI=1S/C23H24N2O3/c26-22(12-15-9-10-16-5-1-2-6-17(16)11-15)25-21(23(27)28)13-18-14-24-20-8-4-3-7-19(18)20/h1-8,14-15,21,24H,9-13H2,(H,25,26)(H,27,28). The van der Waals surface area contributed by atoms with E-state index in [0.717, 1.165) is 35.7 Å². The van der Waals surface area contributed by atoms with Gasteiger partial charge in [-0.3, -0.25) is 4.79 Å². The van der Waals surface area contributed by atoms with E-state index in [9.17, 15) is 14.7 Å². The second-order valence-electron chi connectivity index (χ2n) is 7.60. The molecule has 0 spiro atoms. The number of benzene rings is 2. The van der Waals surface area contributed by atoms with Crippen LogP contribution in [0.2, 0.25) is 0 Å². The van der Waals surface area contributed by atoms with E-state index < -0.39 is 12.0 Å². The van der Waals surface area contributed by atoms with Gasteiger partial charge < -0.3 is 15.4 Å². The monoisotopic (exact) mass is 376 g/mol. The van der Waals surface area contributed by atoms with Crippen molar-refractivity contribution in [1.82, 2.24) is 10.3 Å². The summed E-state index contributed by atoms with van der Waals surface area (Å²) < 4.78 is 0. The molecule has 28 heavy (non-hydrogen) atoms. The second kappa shape index (κ2) is 7.89. The van der Waals surface area contributed by atoms with E-state index in [0.29, 0.717) is 6.42 Å². The molecule has 0 fully saturated rings. The molecule has 144 valence electrons. The minimum atomic E-state index is -1.01. The van der Waals surface area contributed by atoms with E-state index in [1.165, 1.54) is 11.1 Å². The van der Waals surface area contributed by atoms with Gasteiger partial charge >= 0.3 is 5.97 Å². The largest absolute Gasteiger partial charge is 0.480 e. The zero-order valence-electron chi connectivity index (χ0n) is 15.7. The van der Waals surface area contributed by atoms with Crippen molar-refractivity contribution >= 4 is 22.8 Å². The number of fused-ring (bicyclic) bond motifs is 2. The Morgan fingerprint density at radius 1 is 1.11 bits per heavy atom. The minimum Gasteiger partial charge on any atom is -0.480 e. The predicted octanol–water partition coefficient (Wildman–Crippen LogP) is 3.48. The highest BCUT2D eigenvalue weighted by Gasteiger charge is 2.25. The number of aromatic amines is 1. The van der Waals surface area contributed by atoms with Gasteiger partial charge in [-0.05, 0) is 47.9 Å². The van der Waals surface area contributed by atoms with E-state index in [2.05, 4.69) is 22.4 Å². The lowest BCUT2D eigenvalue weighted by molar-refractivity contribution is -0.141. The van der Waals surface area contributed by atoms with Gasteiger partial charge in [0.25, 0.3) is 0 Å². The van der Waals surface area contributed by atoms with Crippen molar-refractivity contribution in [2.45, 2.75) is 38.1 Å². The van der Waals surface area contributed by atoms with Crippen LogP contribution < -0.4 is 5.32 Å². The molecule has 1 heterocycles. The molecular formula is C23H24N2O3. The smallest absolute Gasteiger partial charge is 0.326 e. The van der Waals surface area contributed by atoms with Crippen LogP contribution in [0, 0.1) is 5.92 Å². The van der Waals surface area contributed by atoms with E-state index in [1.807, 2.05) is 42.6 Å². The molecule has 2 unspecified atom stereocenters. The first-order chi connectivity index (χ1) is 13.6. The van der Waals surface area contributed by atoms with Crippen molar-refractivity contribution in [1.29, 1.82) is 0 Å². The topological polar surface area (TPSA) is 82.2 Å². The molecule has 1 aromatic heterocycles. The highest BCUT2D eigenvalue weighted by atomic mass is 16.4. The van der Waals surface area contributed by atoms with Crippen LogP contribution in [-0.2, 0) is 28.9 Å². The third-order valence-electron chi connectivity index (χ3n) is 5.66. The van der Waals surface area contributed by atoms with Crippen LogP contribution >= 0.6 is 0 Å². The maximum Gasteiger partial charge on any atom is 0.326 e. The molecule has 0 saturated heterocycles. The number of carboxylic acids is 1. The number of carboxylic acid groups (broad SMARTS) is 1. The molecule has 2 aromatic carbocycles. The summed E-state index contributed by atoms with van der Waals surface area (Å²) in [7, 11) is 0. The Labute approximate surface area is 163 Å². The Morgan fingerprint density at radius 3 is 2.68 bits per heavy atom. The van der Waals surface area contributed by atoms with Gasteiger partial charge in [0.15, 0.2) is 0 Å². The molecule has 1 aliphatic rings. The minimum absolute atomic E-state index is 0.184. The van der Waals surface area contributed by atoms with E-state index in [-0.39, 0.29) is 18.2 Å². The summed E-state index contributed by atoms with van der Waals surface area (Å²) in [5.41, 5.74) is 4.53. The first kappa shape index (κ1) is 18.3. The molecule has 4 rings (SSSR count). The Morgan fingerprint density at radius 2 is 1.86 bits per heavy atom. The van der Waals surface area contributed by atoms with Crippen molar-refractivity contribution < 1.29 is 14.7 Å². The molecule has 1 aliphatic carbocycles. The fourth-order valence-electron chi connectivity index (χ4n) is 4.18. The third-order valence-corrected chi connectivity index (χ3v) is 5.66. The summed E-state index contributed by atoms with van der Waals surface area (Å²) in [6.07, 6.45) is 5.27. The summed E-state index contributed by atoms with van der Waals surface area (Å²) in [4.78, 5) is 27.4. The van der Waals surface area contributed by atoms with Crippen molar-refractivity contribution in [3.63, 3.8) is 0 Å². The molecule has 5 nitrogen and oxygen atoms in total. The molecule has 1 amide bonds. The lowest BCUT2D eigenvalue weighted by Gasteiger charge is -2.24. The van der Waals surface area contributed by atoms with Gasteiger partial charge in [-0.1, -0.05) is 42.5 Å². The summed E-state index contributed by atoms with van der Waals surface area (Å²) in [5.74, 6) is -0.929. The van der Waals surface area contributed by atoms with Crippen molar-refractivity contribution in [2.75, 3.05) is 0 Å². The number of hydrogen-bond acceptors (Lipinski definition) is 2. The summed E-state index contributed by atoms with van der Waals surface area (Å²) in [6, 6.07) is 15.2. The molecule has 0 aliphatic heterocycles. The van der Waals surface area contributed by atoms with Crippen LogP contribution in [0.3, 0.4) is 0 Å². The molecule has 0 saturated carbocycles. The zero-order valence-corrected chi connectivity index (χ0v) is 15.7. The first-order valence-corrected chi connectivity index (χ1v) is 9.74. The van der Waals surface area contributed by atoms with Crippen LogP contribution in [0.1, 0.15) is 29.5 Å². The fourth-order valence-corrected chi connectivity index (χ4v) is 4.18. The number of carbonyl (C=O) groups is 2. The van der Waals surface area contributed by atoms with Crippen molar-refractivity contribution in [2.24, 2.45) is 5.92 Å². The molecule has 3 aromatic rings. The third kappa shape index (κ3) is 3.93. The Balaban J connectivity index is 1.39. The molecular weight excluding hydrogens is 352 g/mol. The number of aromatic nitrogens is 1. The van der Waals surface area contributed by atoms with E-state index >= 15 is 0 Å². The van der Waals surface area contributed by atoms with Crippen LogP contribution in [0.5, 0.6) is 0 Å². The van der Waals surface area contributed by atoms with E-state index in [1.54, 1.807) is 0 Å². The summed E-state index contributed by atoms with van der Waals surface area (Å²) in [5, 5.41) is 13.3. The number of carbonyl (C=O) groups excluding carboxylic acids is 1. The Bertz CT molecular complexity index is 1010. The lowest BCUT2D eigenvalue weighted by atomic mass is 9.82. The maximum atomic E-state index is 12.5. The fraction of sp³-hybridized carbons (Fsp3) is 0.304. The normalized spacial score (nSPS) is 17.1. The number of nitrogens with one attached hydrogen (secondary N) is 2. The Kier molecular flexibility index (Phi) is 5.15. The average molecular weight is 376 g/mol. The van der Waals surface area contributed by atoms with Crippen molar-refractivity contribution in [3.8, 4) is 0 Å². The molecule has 5 heteroatoms. The van der Waals surface area contributed by atoms with Gasteiger partial charge in [0, 0.05) is 29.9 Å². The summed E-state index contributed by atoms with van der Waals surface area (Å²) >= 11 is 0. The SMILES string of the molecule is O=C(CC1CCc2ccccc2C1)NC(Cc1c[nH]c2ccccc12)C(=O)O. The predicted molar refractivity (Wildman–Crippen MR) is 108 cm³/mol. The van der Waals surface area contributed by atoms with Crippen LogP contribution in [0.4, 0.5) is 0 Å². The maximum absolute atomic E-state index is 12.5. The highest BCUT2D eigenvalue weighted by Crippen LogP contribution is 2.27. The zero-order chi connectivity index (χ0) is 19.5. The number of para-hydroxylation sites is 1. The average Bonchev–Trinajstić information content (AvgIpc) is 3.10. The van der Waals surface area contributed by atoms with Crippen LogP contribution in [0.15, 0.2) is 54.7 Å². The molecule has 0 radical (unpaired) electrons. The molecule has 0 bridgehead atoms. The highest BCUT2D eigenvalue weighted by molar-refractivity contribution is 5.86. The first-order valence-electron chi connectivity index (χ1n) is 9.74. The number of rotatable bonds is 6. The number of H-pyrrole nitrogens is 1. The lowest BCUT2D eigenvalue weighted by Crippen LogP contribution is -2.43. The molecule has 3 N–H and O–H groups in total. The van der Waals surface area contributed by atoms with Crippen LogP contribution in [0.25, 0.3) is 10.9 Å². The molecule has 2 atom stereocenters. The summed E-state index contributed by atoms with van der Waals surface area (Å²) in [6.45, 7) is 0. The van der Waals surface area contributed by atoms with Gasteiger partial charge in [-0.15, -0.1) is 0 Å². The van der Waals surface area contributed by atoms with Crippen molar-refractivity contribution in [3.05, 3.63) is 71.4 Å².